The molecule has 1 aromatic heterocycles. The summed E-state index contributed by atoms with van der Waals surface area (Å²) < 4.78 is 25.8. The normalized spacial score (nSPS) is 12.0. The molecule has 0 aliphatic carbocycles. The van der Waals surface area contributed by atoms with Crippen LogP contribution in [0.3, 0.4) is 0 Å². The Morgan fingerprint density at radius 3 is 2.74 bits per heavy atom. The lowest BCUT2D eigenvalue weighted by atomic mass is 10.2. The molecule has 19 heavy (non-hydrogen) atoms. The first-order valence-corrected chi connectivity index (χ1v) is 7.27. The third-order valence-electron chi connectivity index (χ3n) is 2.37. The van der Waals surface area contributed by atoms with Gasteiger partial charge in [0.2, 0.25) is 10.0 Å². The van der Waals surface area contributed by atoms with E-state index in [0.29, 0.717) is 12.2 Å². The van der Waals surface area contributed by atoms with Crippen molar-refractivity contribution < 1.29 is 8.42 Å². The largest absolute Gasteiger partial charge is 0.263 e. The van der Waals surface area contributed by atoms with Crippen LogP contribution in [-0.2, 0) is 16.4 Å². The van der Waals surface area contributed by atoms with E-state index in [1.807, 2.05) is 30.3 Å². The maximum absolute atomic E-state index is 11.7. The van der Waals surface area contributed by atoms with E-state index >= 15 is 0 Å². The lowest BCUT2D eigenvalue weighted by Gasteiger charge is -2.00. The van der Waals surface area contributed by atoms with Crippen molar-refractivity contribution in [3.05, 3.63) is 53.5 Å². The number of aromatic nitrogens is 3. The Kier molecular flexibility index (Phi) is 4.43. The Labute approximate surface area is 111 Å². The first kappa shape index (κ1) is 13.4. The van der Waals surface area contributed by atoms with Crippen molar-refractivity contribution in [2.45, 2.75) is 6.42 Å². The van der Waals surface area contributed by atoms with Gasteiger partial charge in [0.25, 0.3) is 0 Å². The summed E-state index contributed by atoms with van der Waals surface area (Å²) in [5, 5.41) is 7.51. The summed E-state index contributed by atoms with van der Waals surface area (Å²) in [7, 11) is -3.43. The van der Waals surface area contributed by atoms with Crippen LogP contribution in [0.25, 0.3) is 6.08 Å². The third-order valence-corrected chi connectivity index (χ3v) is 3.47. The molecule has 0 amide bonds. The Morgan fingerprint density at radius 2 is 2.05 bits per heavy atom. The highest BCUT2D eigenvalue weighted by molar-refractivity contribution is 7.92. The fourth-order valence-electron chi connectivity index (χ4n) is 1.44. The van der Waals surface area contributed by atoms with Gasteiger partial charge in [-0.1, -0.05) is 30.3 Å². The van der Waals surface area contributed by atoms with Crippen molar-refractivity contribution in [3.63, 3.8) is 0 Å². The number of nitrogens with zero attached hydrogens (tertiary/aromatic N) is 2. The summed E-state index contributed by atoms with van der Waals surface area (Å²) in [6, 6.07) is 9.25. The molecule has 0 spiro atoms. The van der Waals surface area contributed by atoms with Gasteiger partial charge < -0.3 is 0 Å². The van der Waals surface area contributed by atoms with Gasteiger partial charge in [0.1, 0.15) is 12.2 Å². The van der Waals surface area contributed by atoms with E-state index in [-0.39, 0.29) is 6.54 Å². The fraction of sp³-hybridized carbons (Fsp3) is 0.167. The number of hydrogen-bond acceptors (Lipinski definition) is 4. The summed E-state index contributed by atoms with van der Waals surface area (Å²) in [5.41, 5.74) is 0.836. The number of rotatable bonds is 6. The minimum atomic E-state index is -3.43. The smallest absolute Gasteiger partial charge is 0.233 e. The molecule has 0 aliphatic rings. The highest BCUT2D eigenvalue weighted by atomic mass is 32.2. The van der Waals surface area contributed by atoms with E-state index < -0.39 is 10.0 Å². The second kappa shape index (κ2) is 6.26. The molecule has 6 nitrogen and oxygen atoms in total. The van der Waals surface area contributed by atoms with Crippen molar-refractivity contribution in [3.8, 4) is 0 Å². The molecule has 0 bridgehead atoms. The molecular weight excluding hydrogens is 264 g/mol. The van der Waals surface area contributed by atoms with Crippen LogP contribution in [0.5, 0.6) is 0 Å². The van der Waals surface area contributed by atoms with Crippen LogP contribution in [0.15, 0.2) is 42.1 Å². The van der Waals surface area contributed by atoms with Gasteiger partial charge in [-0.3, -0.25) is 5.10 Å². The Balaban J connectivity index is 1.87. The number of benzene rings is 1. The van der Waals surface area contributed by atoms with E-state index in [0.717, 1.165) is 11.0 Å². The van der Waals surface area contributed by atoms with Crippen LogP contribution < -0.4 is 4.72 Å². The second-order valence-electron chi connectivity index (χ2n) is 3.83. The zero-order valence-corrected chi connectivity index (χ0v) is 11.0. The van der Waals surface area contributed by atoms with E-state index in [1.165, 1.54) is 6.33 Å². The SMILES string of the molecule is O=S(=O)(C=Cc1ccccc1)NCCc1ncn[nH]1. The molecule has 1 heterocycles. The Morgan fingerprint density at radius 1 is 1.26 bits per heavy atom. The maximum atomic E-state index is 11.7. The molecule has 0 saturated carbocycles. The molecular formula is C12H14N4O2S. The van der Waals surface area contributed by atoms with Crippen LogP contribution in [-0.4, -0.2) is 30.1 Å². The molecule has 0 saturated heterocycles. The zero-order chi connectivity index (χ0) is 13.6. The quantitative estimate of drug-likeness (QED) is 0.823. The van der Waals surface area contributed by atoms with Gasteiger partial charge in [-0.15, -0.1) is 0 Å². The van der Waals surface area contributed by atoms with Crippen LogP contribution >= 0.6 is 0 Å². The second-order valence-corrected chi connectivity index (χ2v) is 5.49. The van der Waals surface area contributed by atoms with E-state index in [4.69, 9.17) is 0 Å². The predicted molar refractivity (Wildman–Crippen MR) is 72.5 cm³/mol. The first-order valence-electron chi connectivity index (χ1n) is 5.73. The van der Waals surface area contributed by atoms with Gasteiger partial charge in [-0.05, 0) is 11.6 Å². The number of aromatic amines is 1. The van der Waals surface area contributed by atoms with Gasteiger partial charge >= 0.3 is 0 Å². The fourth-order valence-corrected chi connectivity index (χ4v) is 2.26. The summed E-state index contributed by atoms with van der Waals surface area (Å²) >= 11 is 0. The molecule has 7 heteroatoms. The van der Waals surface area contributed by atoms with Gasteiger partial charge in [0, 0.05) is 18.4 Å². The Hall–Kier alpha value is -1.99. The van der Waals surface area contributed by atoms with Crippen molar-refractivity contribution >= 4 is 16.1 Å². The molecule has 0 fully saturated rings. The molecule has 0 radical (unpaired) electrons. The van der Waals surface area contributed by atoms with Gasteiger partial charge in [-0.2, -0.15) is 5.10 Å². The van der Waals surface area contributed by atoms with Crippen LogP contribution in [0.1, 0.15) is 11.4 Å². The molecule has 100 valence electrons. The van der Waals surface area contributed by atoms with E-state index in [9.17, 15) is 8.42 Å². The number of nitrogens with one attached hydrogen (secondary N) is 2. The average Bonchev–Trinajstić information content (AvgIpc) is 2.91. The van der Waals surface area contributed by atoms with Crippen LogP contribution in [0, 0.1) is 0 Å². The van der Waals surface area contributed by atoms with Crippen molar-refractivity contribution in [1.82, 2.24) is 19.9 Å². The molecule has 0 aliphatic heterocycles. The number of sulfonamides is 1. The van der Waals surface area contributed by atoms with Gasteiger partial charge in [-0.25, -0.2) is 18.1 Å². The molecule has 2 N–H and O–H groups in total. The topological polar surface area (TPSA) is 87.7 Å². The third kappa shape index (κ3) is 4.65. The van der Waals surface area contributed by atoms with Crippen molar-refractivity contribution in [2.75, 3.05) is 6.54 Å². The van der Waals surface area contributed by atoms with Gasteiger partial charge in [0.15, 0.2) is 0 Å². The van der Waals surface area contributed by atoms with Crippen molar-refractivity contribution in [1.29, 1.82) is 0 Å². The lowest BCUT2D eigenvalue weighted by Crippen LogP contribution is -2.24. The van der Waals surface area contributed by atoms with E-state index in [1.54, 1.807) is 6.08 Å². The molecule has 2 aromatic rings. The Bertz CT molecular complexity index is 621. The summed E-state index contributed by atoms with van der Waals surface area (Å²) in [5.74, 6) is 0.648. The average molecular weight is 278 g/mol. The monoisotopic (exact) mass is 278 g/mol. The molecule has 0 atom stereocenters. The standard InChI is InChI=1S/C12H14N4O2S/c17-19(18,9-7-11-4-2-1-3-5-11)15-8-6-12-13-10-14-16-12/h1-5,7,9-10,15H,6,8H2,(H,13,14,16). The maximum Gasteiger partial charge on any atom is 0.233 e. The molecule has 0 unspecified atom stereocenters. The zero-order valence-electron chi connectivity index (χ0n) is 10.2. The number of hydrogen-bond donors (Lipinski definition) is 2. The van der Waals surface area contributed by atoms with E-state index in [2.05, 4.69) is 19.9 Å². The molecule has 1 aromatic carbocycles. The summed E-state index contributed by atoms with van der Waals surface area (Å²) in [6.45, 7) is 0.274. The summed E-state index contributed by atoms with van der Waals surface area (Å²) in [6.07, 6.45) is 3.41. The summed E-state index contributed by atoms with van der Waals surface area (Å²) in [4.78, 5) is 3.91. The first-order chi connectivity index (χ1) is 9.16. The van der Waals surface area contributed by atoms with Crippen LogP contribution in [0.2, 0.25) is 0 Å². The minimum Gasteiger partial charge on any atom is -0.263 e. The number of H-pyrrole nitrogens is 1. The highest BCUT2D eigenvalue weighted by Gasteiger charge is 2.04. The van der Waals surface area contributed by atoms with Crippen molar-refractivity contribution in [2.24, 2.45) is 0 Å². The highest BCUT2D eigenvalue weighted by Crippen LogP contribution is 2.02. The van der Waals surface area contributed by atoms with Crippen LogP contribution in [0.4, 0.5) is 0 Å². The lowest BCUT2D eigenvalue weighted by molar-refractivity contribution is 0.590. The minimum absolute atomic E-state index is 0.274. The predicted octanol–water partition coefficient (Wildman–Crippen LogP) is 0.937. The molecule has 2 rings (SSSR count). The van der Waals surface area contributed by atoms with Gasteiger partial charge in [0.05, 0.1) is 0 Å².